The van der Waals surface area contributed by atoms with Gasteiger partial charge in [0.1, 0.15) is 17.8 Å². The van der Waals surface area contributed by atoms with Crippen molar-refractivity contribution in [1.82, 2.24) is 19.5 Å². The predicted octanol–water partition coefficient (Wildman–Crippen LogP) is 3.62. The summed E-state index contributed by atoms with van der Waals surface area (Å²) in [5.41, 5.74) is 2.59. The average molecular weight is 568 g/mol. The zero-order chi connectivity index (χ0) is 28.4. The van der Waals surface area contributed by atoms with Crippen molar-refractivity contribution in [2.45, 2.75) is 57.0 Å². The van der Waals surface area contributed by atoms with E-state index in [-0.39, 0.29) is 35.0 Å². The Morgan fingerprint density at radius 3 is 2.58 bits per heavy atom. The maximum absolute atomic E-state index is 13.8. The summed E-state index contributed by atoms with van der Waals surface area (Å²) in [6, 6.07) is 3.33. The van der Waals surface area contributed by atoms with Gasteiger partial charge in [-0.1, -0.05) is 23.8 Å². The quantitative estimate of drug-likeness (QED) is 0.441. The van der Waals surface area contributed by atoms with Gasteiger partial charge in [0.25, 0.3) is 5.91 Å². The molecule has 0 spiro atoms. The van der Waals surface area contributed by atoms with Gasteiger partial charge in [-0.05, 0) is 62.8 Å². The predicted molar refractivity (Wildman–Crippen MR) is 152 cm³/mol. The number of aromatic nitrogens is 1. The number of hydrogen-bond acceptors (Lipinski definition) is 8. The van der Waals surface area contributed by atoms with Crippen LogP contribution in [-0.4, -0.2) is 74.2 Å². The lowest BCUT2D eigenvalue weighted by atomic mass is 9.94. The Morgan fingerprint density at radius 2 is 1.98 bits per heavy atom. The van der Waals surface area contributed by atoms with Crippen LogP contribution in [0.2, 0.25) is 0 Å². The van der Waals surface area contributed by atoms with Gasteiger partial charge in [-0.2, -0.15) is 4.31 Å². The Kier molecular flexibility index (Phi) is 8.14. The number of aryl methyl sites for hydroxylation is 2. The molecule has 1 N–H and O–H groups in total. The van der Waals surface area contributed by atoms with Gasteiger partial charge in [-0.15, -0.1) is 0 Å². The van der Waals surface area contributed by atoms with E-state index in [2.05, 4.69) is 33.5 Å². The number of ether oxygens (including phenoxy) is 1. The minimum atomic E-state index is -3.82. The first-order valence-corrected chi connectivity index (χ1v) is 15.1. The summed E-state index contributed by atoms with van der Waals surface area (Å²) in [4.78, 5) is 23.8. The Bertz CT molecular complexity index is 1450. The molecule has 1 amide bonds. The van der Waals surface area contributed by atoms with E-state index in [1.54, 1.807) is 45.0 Å². The van der Waals surface area contributed by atoms with Gasteiger partial charge in [-0.3, -0.25) is 9.79 Å². The Morgan fingerprint density at radius 1 is 1.23 bits per heavy atom. The molecule has 5 rings (SSSR count). The van der Waals surface area contributed by atoms with Gasteiger partial charge in [0, 0.05) is 32.1 Å². The van der Waals surface area contributed by atoms with Crippen molar-refractivity contribution in [3.05, 3.63) is 64.9 Å². The van der Waals surface area contributed by atoms with Gasteiger partial charge in [-0.25, -0.2) is 13.4 Å². The van der Waals surface area contributed by atoms with E-state index < -0.39 is 10.0 Å². The molecule has 1 aromatic heterocycles. The Labute approximate surface area is 235 Å². The molecule has 1 aromatic carbocycles. The summed E-state index contributed by atoms with van der Waals surface area (Å²) >= 11 is 0. The molecule has 2 aliphatic carbocycles. The molecule has 0 radical (unpaired) electrons. The van der Waals surface area contributed by atoms with E-state index in [4.69, 9.17) is 9.15 Å². The maximum atomic E-state index is 13.8. The number of sulfonamides is 1. The number of aliphatic imine (C=N–C) groups is 1. The van der Waals surface area contributed by atoms with E-state index in [1.807, 2.05) is 0 Å². The zero-order valence-corrected chi connectivity index (χ0v) is 24.3. The highest BCUT2D eigenvalue weighted by atomic mass is 32.2. The van der Waals surface area contributed by atoms with Crippen LogP contribution in [0.3, 0.4) is 0 Å². The lowest BCUT2D eigenvalue weighted by molar-refractivity contribution is 0.0791. The van der Waals surface area contributed by atoms with E-state index in [0.717, 1.165) is 44.6 Å². The summed E-state index contributed by atoms with van der Waals surface area (Å²) < 4.78 is 39.9. The average Bonchev–Trinajstić information content (AvgIpc) is 3.41. The summed E-state index contributed by atoms with van der Waals surface area (Å²) in [6.45, 7) is 5.77. The van der Waals surface area contributed by atoms with Gasteiger partial charge < -0.3 is 19.4 Å². The number of rotatable bonds is 11. The SMILES string of the molecule is COc1cc(C)c(S(=O)(=O)N(Cc2nc(C(=O)N(C)CCC3=CCC(C4=NCCN4)C=C3)co2)C2CC2)c(C)c1. The van der Waals surface area contributed by atoms with Crippen LogP contribution < -0.4 is 10.1 Å². The van der Waals surface area contributed by atoms with Crippen LogP contribution in [0.25, 0.3) is 0 Å². The summed E-state index contributed by atoms with van der Waals surface area (Å²) in [6.07, 6.45) is 11.0. The highest BCUT2D eigenvalue weighted by molar-refractivity contribution is 7.89. The van der Waals surface area contributed by atoms with E-state index >= 15 is 0 Å². The number of nitrogens with zero attached hydrogens (tertiary/aromatic N) is 4. The highest BCUT2D eigenvalue weighted by Crippen LogP contribution is 2.36. The molecule has 10 nitrogen and oxygen atoms in total. The number of amidine groups is 1. The number of carbonyl (C=O) groups excluding carboxylic acids is 1. The lowest BCUT2D eigenvalue weighted by Gasteiger charge is -2.23. The number of benzene rings is 1. The fourth-order valence-electron chi connectivity index (χ4n) is 5.25. The first kappa shape index (κ1) is 28.1. The maximum Gasteiger partial charge on any atom is 0.275 e. The third-order valence-electron chi connectivity index (χ3n) is 7.56. The number of methoxy groups -OCH3 is 1. The van der Waals surface area contributed by atoms with Crippen molar-refractivity contribution in [3.8, 4) is 5.75 Å². The molecule has 11 heteroatoms. The van der Waals surface area contributed by atoms with Gasteiger partial charge >= 0.3 is 0 Å². The molecule has 0 bridgehead atoms. The molecule has 1 unspecified atom stereocenters. The third-order valence-corrected chi connectivity index (χ3v) is 9.77. The van der Waals surface area contributed by atoms with Crippen molar-refractivity contribution < 1.29 is 22.4 Å². The molecule has 1 fully saturated rings. The summed E-state index contributed by atoms with van der Waals surface area (Å²) in [7, 11) is -0.528. The van der Waals surface area contributed by atoms with Crippen molar-refractivity contribution in [3.63, 3.8) is 0 Å². The van der Waals surface area contributed by atoms with Gasteiger partial charge in [0.05, 0.1) is 25.1 Å². The smallest absolute Gasteiger partial charge is 0.275 e. The van der Waals surface area contributed by atoms with Crippen LogP contribution in [0, 0.1) is 19.8 Å². The lowest BCUT2D eigenvalue weighted by Crippen LogP contribution is -2.34. The van der Waals surface area contributed by atoms with Gasteiger partial charge in [0.2, 0.25) is 15.9 Å². The highest BCUT2D eigenvalue weighted by Gasteiger charge is 2.40. The molecule has 1 aliphatic heterocycles. The molecule has 1 saturated carbocycles. The van der Waals surface area contributed by atoms with Crippen LogP contribution >= 0.6 is 0 Å². The number of amides is 1. The molecule has 0 saturated heterocycles. The van der Waals surface area contributed by atoms with E-state index in [9.17, 15) is 13.2 Å². The standard InChI is InChI=1S/C29H37N5O5S/c1-19-15-24(38-4)16-20(2)27(19)40(36,37)34(23-9-10-23)17-26-32-25(18-39-26)29(35)33(3)14-11-21-5-7-22(8-6-21)28-30-12-13-31-28/h5-7,15-16,18,22-23H,8-14,17H2,1-4H3,(H,30,31). The Balaban J connectivity index is 1.21. The summed E-state index contributed by atoms with van der Waals surface area (Å²) in [5.74, 6) is 1.91. The normalized spacial score (nSPS) is 18.9. The molecule has 3 aliphatic rings. The number of oxazole rings is 1. The van der Waals surface area contributed by atoms with E-state index in [0.29, 0.717) is 29.3 Å². The summed E-state index contributed by atoms with van der Waals surface area (Å²) in [5, 5.41) is 3.33. The fourth-order valence-corrected chi connectivity index (χ4v) is 7.30. The van der Waals surface area contributed by atoms with Crippen molar-refractivity contribution in [2.24, 2.45) is 10.9 Å². The molecule has 214 valence electrons. The molecule has 2 heterocycles. The molecular weight excluding hydrogens is 530 g/mol. The van der Waals surface area contributed by atoms with Crippen LogP contribution in [0.5, 0.6) is 5.75 Å². The fraction of sp³-hybridized carbons (Fsp3) is 0.483. The number of nitrogens with one attached hydrogen (secondary N) is 1. The second-order valence-corrected chi connectivity index (χ2v) is 12.5. The number of carbonyl (C=O) groups is 1. The largest absolute Gasteiger partial charge is 0.497 e. The van der Waals surface area contributed by atoms with Crippen LogP contribution in [0.4, 0.5) is 0 Å². The van der Waals surface area contributed by atoms with Crippen molar-refractivity contribution in [1.29, 1.82) is 0 Å². The number of hydrogen-bond donors (Lipinski definition) is 1. The molecule has 2 aromatic rings. The van der Waals surface area contributed by atoms with Crippen LogP contribution in [-0.2, 0) is 16.6 Å². The third kappa shape index (κ3) is 6.00. The first-order valence-electron chi connectivity index (χ1n) is 13.7. The second kappa shape index (κ2) is 11.6. The Hall–Kier alpha value is -3.44. The minimum absolute atomic E-state index is 0.0338. The number of allylic oxidation sites excluding steroid dienone is 2. The zero-order valence-electron chi connectivity index (χ0n) is 23.5. The molecule has 40 heavy (non-hydrogen) atoms. The minimum Gasteiger partial charge on any atom is -0.497 e. The van der Waals surface area contributed by atoms with Crippen LogP contribution in [0.15, 0.2) is 56.5 Å². The van der Waals surface area contributed by atoms with E-state index in [1.165, 1.54) is 16.1 Å². The van der Waals surface area contributed by atoms with Crippen LogP contribution in [0.1, 0.15) is 53.2 Å². The van der Waals surface area contributed by atoms with Crippen molar-refractivity contribution in [2.75, 3.05) is 33.8 Å². The molecule has 1 atom stereocenters. The topological polar surface area (TPSA) is 117 Å². The monoisotopic (exact) mass is 567 g/mol. The second-order valence-electron chi connectivity index (χ2n) is 10.6. The molecular formula is C29H37N5O5S. The van der Waals surface area contributed by atoms with Gasteiger partial charge in [0.15, 0.2) is 5.69 Å². The van der Waals surface area contributed by atoms with Crippen molar-refractivity contribution >= 4 is 21.8 Å². The first-order chi connectivity index (χ1) is 19.2.